The molecular weight excluding hydrogens is 284 g/mol. The van der Waals surface area contributed by atoms with Crippen LogP contribution in [0.1, 0.15) is 24.1 Å². The second-order valence-corrected chi connectivity index (χ2v) is 5.54. The number of nitrogens with two attached hydrogens (primary N) is 1. The predicted octanol–water partition coefficient (Wildman–Crippen LogP) is 3.36. The fourth-order valence-electron chi connectivity index (χ4n) is 2.27. The summed E-state index contributed by atoms with van der Waals surface area (Å²) in [5.74, 6) is 0. The van der Waals surface area contributed by atoms with Crippen LogP contribution in [0.3, 0.4) is 0 Å². The molecule has 2 rings (SSSR count). The summed E-state index contributed by atoms with van der Waals surface area (Å²) in [4.78, 5) is 2.07. The van der Waals surface area contributed by atoms with Gasteiger partial charge in [0.25, 0.3) is 0 Å². The van der Waals surface area contributed by atoms with E-state index >= 15 is 0 Å². The van der Waals surface area contributed by atoms with Gasteiger partial charge in [-0.25, -0.2) is 0 Å². The van der Waals surface area contributed by atoms with Crippen molar-refractivity contribution >= 4 is 17.3 Å². The molecular formula is C17H21ClN2O. The minimum absolute atomic E-state index is 0.0445. The van der Waals surface area contributed by atoms with Gasteiger partial charge in [0, 0.05) is 19.1 Å². The first-order chi connectivity index (χ1) is 10.1. The molecule has 0 aromatic heterocycles. The maximum atomic E-state index is 9.30. The van der Waals surface area contributed by atoms with E-state index < -0.39 is 0 Å². The van der Waals surface area contributed by atoms with E-state index in [0.29, 0.717) is 18.1 Å². The average Bonchev–Trinajstić information content (AvgIpc) is 2.48. The number of nitrogens with zero attached hydrogens (tertiary/aromatic N) is 1. The summed E-state index contributed by atoms with van der Waals surface area (Å²) in [6, 6.07) is 15.9. The first kappa shape index (κ1) is 15.8. The molecule has 1 atom stereocenters. The molecule has 0 aliphatic carbocycles. The minimum Gasteiger partial charge on any atom is -0.395 e. The molecule has 0 fully saturated rings. The summed E-state index contributed by atoms with van der Waals surface area (Å²) in [5.41, 5.74) is 8.98. The van der Waals surface area contributed by atoms with Crippen molar-refractivity contribution in [3.05, 3.63) is 64.7 Å². The molecule has 112 valence electrons. The fourth-order valence-corrected chi connectivity index (χ4v) is 2.58. The highest BCUT2D eigenvalue weighted by molar-refractivity contribution is 6.33. The Morgan fingerprint density at radius 2 is 1.90 bits per heavy atom. The maximum Gasteiger partial charge on any atom is 0.0643 e. The largest absolute Gasteiger partial charge is 0.395 e. The van der Waals surface area contributed by atoms with Crippen LogP contribution in [-0.4, -0.2) is 18.3 Å². The summed E-state index contributed by atoms with van der Waals surface area (Å²) >= 11 is 6.39. The zero-order chi connectivity index (χ0) is 15.2. The molecule has 2 aromatic rings. The van der Waals surface area contributed by atoms with E-state index in [1.54, 1.807) is 0 Å². The molecule has 0 heterocycles. The smallest absolute Gasteiger partial charge is 0.0643 e. The Balaban J connectivity index is 2.25. The highest BCUT2D eigenvalue weighted by atomic mass is 35.5. The average molecular weight is 305 g/mol. The molecule has 0 aliphatic heterocycles. The summed E-state index contributed by atoms with van der Waals surface area (Å²) < 4.78 is 0. The Bertz CT molecular complexity index is 572. The number of hydrogen-bond acceptors (Lipinski definition) is 3. The summed E-state index contributed by atoms with van der Waals surface area (Å²) in [6.07, 6.45) is 0. The van der Waals surface area contributed by atoms with Gasteiger partial charge in [0.2, 0.25) is 0 Å². The van der Waals surface area contributed by atoms with Gasteiger partial charge in [-0.3, -0.25) is 0 Å². The maximum absolute atomic E-state index is 9.30. The Hall–Kier alpha value is -1.55. The zero-order valence-electron chi connectivity index (χ0n) is 12.2. The first-order valence-electron chi connectivity index (χ1n) is 7.06. The number of benzene rings is 2. The van der Waals surface area contributed by atoms with Crippen LogP contribution >= 0.6 is 11.6 Å². The van der Waals surface area contributed by atoms with Gasteiger partial charge >= 0.3 is 0 Å². The Morgan fingerprint density at radius 3 is 2.48 bits per heavy atom. The molecule has 21 heavy (non-hydrogen) atoms. The second-order valence-electron chi connectivity index (χ2n) is 5.13. The monoisotopic (exact) mass is 304 g/mol. The topological polar surface area (TPSA) is 49.5 Å². The molecule has 0 radical (unpaired) electrons. The van der Waals surface area contributed by atoms with Gasteiger partial charge in [0.1, 0.15) is 0 Å². The summed E-state index contributed by atoms with van der Waals surface area (Å²) in [6.45, 7) is 3.25. The molecule has 0 bridgehead atoms. The Kier molecular flexibility index (Phi) is 5.62. The van der Waals surface area contributed by atoms with Crippen molar-refractivity contribution in [2.45, 2.75) is 19.5 Å². The highest BCUT2D eigenvalue weighted by Crippen LogP contribution is 2.29. The van der Waals surface area contributed by atoms with Crippen molar-refractivity contribution in [1.29, 1.82) is 0 Å². The van der Waals surface area contributed by atoms with Gasteiger partial charge in [-0.05, 0) is 30.2 Å². The van der Waals surface area contributed by atoms with E-state index in [1.165, 1.54) is 5.56 Å². The van der Waals surface area contributed by atoms with Gasteiger partial charge in [-0.1, -0.05) is 48.0 Å². The van der Waals surface area contributed by atoms with Crippen LogP contribution in [-0.2, 0) is 6.54 Å². The summed E-state index contributed by atoms with van der Waals surface area (Å²) in [7, 11) is 0. The third-order valence-electron chi connectivity index (χ3n) is 3.42. The Labute approximate surface area is 131 Å². The highest BCUT2D eigenvalue weighted by Gasteiger charge is 2.12. The van der Waals surface area contributed by atoms with Crippen LogP contribution in [0.25, 0.3) is 0 Å². The van der Waals surface area contributed by atoms with Gasteiger partial charge < -0.3 is 15.7 Å². The summed E-state index contributed by atoms with van der Waals surface area (Å²) in [5, 5.41) is 9.97. The number of aliphatic hydroxyl groups is 1. The molecule has 0 saturated carbocycles. The van der Waals surface area contributed by atoms with Gasteiger partial charge in [0.05, 0.1) is 17.3 Å². The van der Waals surface area contributed by atoms with E-state index in [2.05, 4.69) is 17.0 Å². The molecule has 0 amide bonds. The van der Waals surface area contributed by atoms with E-state index in [4.69, 9.17) is 17.3 Å². The van der Waals surface area contributed by atoms with Crippen molar-refractivity contribution in [3.8, 4) is 0 Å². The van der Waals surface area contributed by atoms with E-state index in [-0.39, 0.29) is 12.6 Å². The number of aliphatic hydroxyl groups excluding tert-OH is 1. The third-order valence-corrected chi connectivity index (χ3v) is 3.73. The minimum atomic E-state index is -0.0445. The van der Waals surface area contributed by atoms with Crippen molar-refractivity contribution in [2.24, 2.45) is 5.73 Å². The van der Waals surface area contributed by atoms with Crippen molar-refractivity contribution in [3.63, 3.8) is 0 Å². The predicted molar refractivity (Wildman–Crippen MR) is 88.6 cm³/mol. The standard InChI is InChI=1S/C17H21ClN2O/c1-13(19)15-7-8-17(16(18)11-15)20(9-10-21)12-14-5-3-2-4-6-14/h2-8,11,13,21H,9-10,12,19H2,1H3/t13-/m0/s1. The van der Waals surface area contributed by atoms with Crippen LogP contribution in [0, 0.1) is 0 Å². The van der Waals surface area contributed by atoms with Crippen LogP contribution in [0.5, 0.6) is 0 Å². The van der Waals surface area contributed by atoms with E-state index in [9.17, 15) is 5.11 Å². The number of rotatable bonds is 6. The molecule has 3 nitrogen and oxygen atoms in total. The third kappa shape index (κ3) is 4.21. The van der Waals surface area contributed by atoms with Gasteiger partial charge in [-0.2, -0.15) is 0 Å². The molecule has 2 aromatic carbocycles. The van der Waals surface area contributed by atoms with Crippen molar-refractivity contribution in [2.75, 3.05) is 18.1 Å². The zero-order valence-corrected chi connectivity index (χ0v) is 12.9. The lowest BCUT2D eigenvalue weighted by molar-refractivity contribution is 0.301. The molecule has 0 unspecified atom stereocenters. The van der Waals surface area contributed by atoms with E-state index in [0.717, 1.165) is 11.3 Å². The molecule has 0 aliphatic rings. The molecule has 0 saturated heterocycles. The van der Waals surface area contributed by atoms with Crippen LogP contribution in [0.2, 0.25) is 5.02 Å². The SMILES string of the molecule is C[C@H](N)c1ccc(N(CCO)Cc2ccccc2)c(Cl)c1. The van der Waals surface area contributed by atoms with Gasteiger partial charge in [0.15, 0.2) is 0 Å². The number of anilines is 1. The van der Waals surface area contributed by atoms with Gasteiger partial charge in [-0.15, -0.1) is 0 Å². The van der Waals surface area contributed by atoms with Crippen molar-refractivity contribution in [1.82, 2.24) is 0 Å². The lowest BCUT2D eigenvalue weighted by Gasteiger charge is -2.25. The molecule has 4 heteroatoms. The second kappa shape index (κ2) is 7.46. The fraction of sp³-hybridized carbons (Fsp3) is 0.294. The molecule has 0 spiro atoms. The quantitative estimate of drug-likeness (QED) is 0.860. The van der Waals surface area contributed by atoms with Crippen LogP contribution in [0.4, 0.5) is 5.69 Å². The number of halogens is 1. The van der Waals surface area contributed by atoms with E-state index in [1.807, 2.05) is 43.3 Å². The lowest BCUT2D eigenvalue weighted by atomic mass is 10.1. The lowest BCUT2D eigenvalue weighted by Crippen LogP contribution is -2.26. The van der Waals surface area contributed by atoms with Crippen molar-refractivity contribution < 1.29 is 5.11 Å². The Morgan fingerprint density at radius 1 is 1.19 bits per heavy atom. The number of hydrogen-bond donors (Lipinski definition) is 2. The molecule has 3 N–H and O–H groups in total. The normalized spacial score (nSPS) is 12.2. The van der Waals surface area contributed by atoms with Crippen LogP contribution < -0.4 is 10.6 Å². The first-order valence-corrected chi connectivity index (χ1v) is 7.44. The van der Waals surface area contributed by atoms with Crippen LogP contribution in [0.15, 0.2) is 48.5 Å².